The van der Waals surface area contributed by atoms with Crippen molar-refractivity contribution in [2.45, 2.75) is 22.7 Å². The van der Waals surface area contributed by atoms with E-state index in [1.165, 1.54) is 0 Å². The second kappa shape index (κ2) is 2.83. The van der Waals surface area contributed by atoms with Crippen LogP contribution in [0.4, 0.5) is 0 Å². The van der Waals surface area contributed by atoms with Crippen molar-refractivity contribution < 1.29 is 4.74 Å². The number of rotatable bonds is 2. The summed E-state index contributed by atoms with van der Waals surface area (Å²) < 4.78 is 3.84. The minimum atomic E-state index is -1.09. The van der Waals surface area contributed by atoms with E-state index in [2.05, 4.69) is 0 Å². The minimum absolute atomic E-state index is 0.362. The fourth-order valence-electron chi connectivity index (χ4n) is 0.559. The van der Waals surface area contributed by atoms with Crippen LogP contribution in [0.25, 0.3) is 0 Å². The number of halogens is 3. The molecule has 1 atom stereocenters. The van der Waals surface area contributed by atoms with Gasteiger partial charge in [-0.1, -0.05) is 34.8 Å². The molecule has 1 aliphatic heterocycles. The highest BCUT2D eigenvalue weighted by atomic mass is 35.6. The van der Waals surface area contributed by atoms with E-state index in [4.69, 9.17) is 39.5 Å². The molecule has 0 bridgehead atoms. The third-order valence-corrected chi connectivity index (χ3v) is 1.72. The topological polar surface area (TPSA) is 12.5 Å². The highest BCUT2D eigenvalue weighted by Gasteiger charge is 2.27. The third kappa shape index (κ3) is 4.26. The summed E-state index contributed by atoms with van der Waals surface area (Å²) in [6.07, 6.45) is 1.80. The normalized spacial score (nSPS) is 26.3. The van der Waals surface area contributed by atoms with Gasteiger partial charge in [0.25, 0.3) is 0 Å². The molecule has 1 fully saturated rings. The number of epoxide rings is 1. The summed E-state index contributed by atoms with van der Waals surface area (Å²) in [5.41, 5.74) is 0. The summed E-state index contributed by atoms with van der Waals surface area (Å²) in [6.45, 7) is 0.834. The molecule has 54 valence electrons. The molecule has 1 rings (SSSR count). The van der Waals surface area contributed by atoms with E-state index < -0.39 is 3.79 Å². The van der Waals surface area contributed by atoms with Gasteiger partial charge in [-0.15, -0.1) is 0 Å². The molecule has 0 aromatic heterocycles. The van der Waals surface area contributed by atoms with Gasteiger partial charge in [0.05, 0.1) is 12.7 Å². The Morgan fingerprint density at radius 1 is 1.44 bits per heavy atom. The van der Waals surface area contributed by atoms with E-state index in [9.17, 15) is 0 Å². The van der Waals surface area contributed by atoms with Crippen molar-refractivity contribution in [2.75, 3.05) is 6.61 Å². The van der Waals surface area contributed by atoms with E-state index in [0.717, 1.165) is 13.0 Å². The summed E-state index contributed by atoms with van der Waals surface area (Å²) in [5, 5.41) is 0. The monoisotopic (exact) mass is 188 g/mol. The summed E-state index contributed by atoms with van der Waals surface area (Å²) >= 11 is 16.4. The second-order valence-electron chi connectivity index (χ2n) is 2.11. The van der Waals surface area contributed by atoms with Gasteiger partial charge in [-0.25, -0.2) is 0 Å². The lowest BCUT2D eigenvalue weighted by Crippen LogP contribution is -2.03. The predicted molar refractivity (Wildman–Crippen MR) is 39.3 cm³/mol. The van der Waals surface area contributed by atoms with Crippen molar-refractivity contribution in [1.82, 2.24) is 0 Å². The van der Waals surface area contributed by atoms with Gasteiger partial charge < -0.3 is 4.74 Å². The van der Waals surface area contributed by atoms with Gasteiger partial charge in [-0.2, -0.15) is 0 Å². The fourth-order valence-corrected chi connectivity index (χ4v) is 0.887. The van der Waals surface area contributed by atoms with E-state index in [0.29, 0.717) is 12.5 Å². The Morgan fingerprint density at radius 2 is 2.00 bits per heavy atom. The maximum Gasteiger partial charge on any atom is 0.190 e. The molecule has 1 aliphatic rings. The van der Waals surface area contributed by atoms with Crippen LogP contribution in [-0.4, -0.2) is 16.5 Å². The van der Waals surface area contributed by atoms with Gasteiger partial charge in [0, 0.05) is 0 Å². The molecule has 0 aromatic rings. The van der Waals surface area contributed by atoms with Gasteiger partial charge in [0.2, 0.25) is 0 Å². The van der Waals surface area contributed by atoms with Gasteiger partial charge in [0.1, 0.15) is 0 Å². The van der Waals surface area contributed by atoms with Crippen molar-refractivity contribution >= 4 is 34.8 Å². The van der Waals surface area contributed by atoms with Crippen LogP contribution in [0.5, 0.6) is 0 Å². The molecule has 1 unspecified atom stereocenters. The van der Waals surface area contributed by atoms with Crippen LogP contribution in [0, 0.1) is 0 Å². The quantitative estimate of drug-likeness (QED) is 0.480. The van der Waals surface area contributed by atoms with Crippen LogP contribution in [0.3, 0.4) is 0 Å². The molecule has 0 N–H and O–H groups in total. The Kier molecular flexibility index (Phi) is 2.49. The van der Waals surface area contributed by atoms with E-state index in [1.807, 2.05) is 0 Å². The number of ether oxygens (including phenoxy) is 1. The number of hydrogen-bond acceptors (Lipinski definition) is 1. The molecule has 0 aromatic carbocycles. The molecule has 0 amide bonds. The molecule has 4 heteroatoms. The first-order valence-electron chi connectivity index (χ1n) is 2.76. The number of alkyl halides is 3. The molecule has 1 heterocycles. The average molecular weight is 189 g/mol. The molecule has 9 heavy (non-hydrogen) atoms. The highest BCUT2D eigenvalue weighted by Crippen LogP contribution is 2.33. The van der Waals surface area contributed by atoms with Crippen LogP contribution < -0.4 is 0 Å². The minimum Gasteiger partial charge on any atom is -0.373 e. The van der Waals surface area contributed by atoms with Crippen LogP contribution in [0.1, 0.15) is 12.8 Å². The lowest BCUT2D eigenvalue weighted by Gasteiger charge is -2.07. The first-order valence-corrected chi connectivity index (χ1v) is 3.90. The second-order valence-corrected chi connectivity index (χ2v) is 4.63. The van der Waals surface area contributed by atoms with Gasteiger partial charge in [0.15, 0.2) is 3.79 Å². The van der Waals surface area contributed by atoms with Crippen LogP contribution in [0.15, 0.2) is 0 Å². The molecule has 0 radical (unpaired) electrons. The van der Waals surface area contributed by atoms with Crippen molar-refractivity contribution in [1.29, 1.82) is 0 Å². The zero-order valence-corrected chi connectivity index (χ0v) is 7.01. The van der Waals surface area contributed by atoms with Crippen molar-refractivity contribution in [3.63, 3.8) is 0 Å². The van der Waals surface area contributed by atoms with Gasteiger partial charge >= 0.3 is 0 Å². The van der Waals surface area contributed by atoms with Crippen LogP contribution >= 0.6 is 34.8 Å². The maximum atomic E-state index is 5.48. The molecule has 1 saturated heterocycles. The first-order chi connectivity index (χ1) is 4.08. The SMILES string of the molecule is ClC(Cl)(Cl)CCC1CO1. The highest BCUT2D eigenvalue weighted by molar-refractivity contribution is 6.67. The summed E-state index contributed by atoms with van der Waals surface area (Å²) in [6, 6.07) is 0. The Labute approximate surface area is 69.2 Å². The first kappa shape index (κ1) is 7.93. The molecule has 1 nitrogen and oxygen atoms in total. The van der Waals surface area contributed by atoms with Crippen LogP contribution in [-0.2, 0) is 4.74 Å². The Hall–Kier alpha value is 0.830. The Morgan fingerprint density at radius 3 is 2.33 bits per heavy atom. The smallest absolute Gasteiger partial charge is 0.190 e. The maximum absolute atomic E-state index is 5.48. The molecule has 0 saturated carbocycles. The van der Waals surface area contributed by atoms with Crippen molar-refractivity contribution in [3.8, 4) is 0 Å². The number of hydrogen-bond donors (Lipinski definition) is 0. The Balaban J connectivity index is 2.03. The standard InChI is InChI=1S/C5H7Cl3O/c6-5(7,8)2-1-4-3-9-4/h4H,1-3H2. The average Bonchev–Trinajstić information content (AvgIpc) is 2.38. The lowest BCUT2D eigenvalue weighted by molar-refractivity contribution is 0.392. The zero-order valence-electron chi connectivity index (χ0n) is 4.74. The summed E-state index contributed by atoms with van der Waals surface area (Å²) in [7, 11) is 0. The van der Waals surface area contributed by atoms with Crippen LogP contribution in [0.2, 0.25) is 0 Å². The third-order valence-electron chi connectivity index (χ3n) is 1.15. The van der Waals surface area contributed by atoms with E-state index in [-0.39, 0.29) is 0 Å². The predicted octanol–water partition coefficient (Wildman–Crippen LogP) is 2.54. The Bertz CT molecular complexity index is 94.9. The van der Waals surface area contributed by atoms with Crippen molar-refractivity contribution in [2.24, 2.45) is 0 Å². The van der Waals surface area contributed by atoms with E-state index in [1.54, 1.807) is 0 Å². The fraction of sp³-hybridized carbons (Fsp3) is 1.00. The molecular weight excluding hydrogens is 182 g/mol. The van der Waals surface area contributed by atoms with E-state index >= 15 is 0 Å². The van der Waals surface area contributed by atoms with Gasteiger partial charge in [-0.05, 0) is 12.8 Å². The summed E-state index contributed by atoms with van der Waals surface area (Å²) in [4.78, 5) is 0. The van der Waals surface area contributed by atoms with Crippen molar-refractivity contribution in [3.05, 3.63) is 0 Å². The molecule has 0 aliphatic carbocycles. The molecule has 0 spiro atoms. The lowest BCUT2D eigenvalue weighted by atomic mass is 10.3. The molecular formula is C5H7Cl3O. The van der Waals surface area contributed by atoms with Gasteiger partial charge in [-0.3, -0.25) is 0 Å². The largest absolute Gasteiger partial charge is 0.373 e. The zero-order chi connectivity index (χ0) is 6.91. The summed E-state index contributed by atoms with van der Waals surface area (Å²) in [5.74, 6) is 0.